The van der Waals surface area contributed by atoms with Gasteiger partial charge < -0.3 is 5.73 Å². The van der Waals surface area contributed by atoms with Crippen molar-refractivity contribution >= 4 is 0 Å². The monoisotopic (exact) mass is 238 g/mol. The van der Waals surface area contributed by atoms with Crippen LogP contribution in [0.2, 0.25) is 0 Å². The van der Waals surface area contributed by atoms with Crippen LogP contribution < -0.4 is 5.73 Å². The third kappa shape index (κ3) is 2.85. The van der Waals surface area contributed by atoms with Crippen molar-refractivity contribution in [3.63, 3.8) is 0 Å². The molecule has 17 heavy (non-hydrogen) atoms. The smallest absolute Gasteiger partial charge is 0.0331 e. The summed E-state index contributed by atoms with van der Waals surface area (Å²) < 4.78 is 0. The number of nitrogens with two attached hydrogens (primary N) is 1. The van der Waals surface area contributed by atoms with E-state index in [4.69, 9.17) is 5.73 Å². The van der Waals surface area contributed by atoms with Crippen LogP contribution in [0.3, 0.4) is 0 Å². The first-order valence-electron chi connectivity index (χ1n) is 7.63. The van der Waals surface area contributed by atoms with Gasteiger partial charge in [-0.1, -0.05) is 39.5 Å². The van der Waals surface area contributed by atoms with Crippen molar-refractivity contribution in [1.29, 1.82) is 0 Å². The van der Waals surface area contributed by atoms with E-state index >= 15 is 0 Å². The molecule has 0 aromatic rings. The Labute approximate surface area is 107 Å². The van der Waals surface area contributed by atoms with E-state index in [0.29, 0.717) is 5.54 Å². The Bertz CT molecular complexity index is 229. The van der Waals surface area contributed by atoms with Crippen LogP contribution in [0.5, 0.6) is 0 Å². The van der Waals surface area contributed by atoms with E-state index in [2.05, 4.69) is 18.7 Å². The van der Waals surface area contributed by atoms with Gasteiger partial charge in [0.15, 0.2) is 0 Å². The normalized spacial score (nSPS) is 30.7. The molecule has 0 amide bonds. The van der Waals surface area contributed by atoms with E-state index in [1.807, 2.05) is 0 Å². The summed E-state index contributed by atoms with van der Waals surface area (Å²) in [5, 5.41) is 0. The van der Waals surface area contributed by atoms with Gasteiger partial charge in [-0.3, -0.25) is 4.90 Å². The fourth-order valence-electron chi connectivity index (χ4n) is 3.80. The molecule has 2 N–H and O–H groups in total. The minimum absolute atomic E-state index is 0.361. The molecule has 0 bridgehead atoms. The van der Waals surface area contributed by atoms with E-state index in [9.17, 15) is 0 Å². The van der Waals surface area contributed by atoms with Crippen molar-refractivity contribution < 1.29 is 0 Å². The first kappa shape index (κ1) is 13.4. The van der Waals surface area contributed by atoms with Crippen LogP contribution in [0, 0.1) is 11.8 Å². The molecule has 1 atom stereocenters. The summed E-state index contributed by atoms with van der Waals surface area (Å²) in [6.45, 7) is 8.21. The third-order valence-electron chi connectivity index (χ3n) is 5.25. The zero-order valence-corrected chi connectivity index (χ0v) is 11.8. The molecule has 2 heteroatoms. The minimum atomic E-state index is 0.361. The van der Waals surface area contributed by atoms with Crippen LogP contribution in [0.4, 0.5) is 0 Å². The van der Waals surface area contributed by atoms with Crippen molar-refractivity contribution in [2.75, 3.05) is 19.6 Å². The highest BCUT2D eigenvalue weighted by molar-refractivity contribution is 4.96. The zero-order valence-electron chi connectivity index (χ0n) is 11.8. The predicted octanol–water partition coefficient (Wildman–Crippen LogP) is 3.02. The number of hydrogen-bond acceptors (Lipinski definition) is 2. The highest BCUT2D eigenvalue weighted by Gasteiger charge is 2.40. The van der Waals surface area contributed by atoms with Crippen LogP contribution in [-0.4, -0.2) is 30.1 Å². The molecule has 0 aromatic carbocycles. The lowest BCUT2D eigenvalue weighted by Gasteiger charge is -2.41. The van der Waals surface area contributed by atoms with Gasteiger partial charge in [-0.2, -0.15) is 0 Å². The molecule has 2 nitrogen and oxygen atoms in total. The van der Waals surface area contributed by atoms with Crippen LogP contribution in [0.15, 0.2) is 0 Å². The van der Waals surface area contributed by atoms with Crippen molar-refractivity contribution in [2.45, 2.75) is 64.3 Å². The average molecular weight is 238 g/mol. The minimum Gasteiger partial charge on any atom is -0.329 e. The SMILES string of the molecule is CC(C)C1CCN(C2(CN)CCCCCC2)C1. The molecule has 1 aliphatic carbocycles. The largest absolute Gasteiger partial charge is 0.329 e. The molecule has 1 saturated heterocycles. The number of hydrogen-bond donors (Lipinski definition) is 1. The summed E-state index contributed by atoms with van der Waals surface area (Å²) in [6, 6.07) is 0. The molecule has 1 aliphatic heterocycles. The fraction of sp³-hybridized carbons (Fsp3) is 1.00. The molecule has 100 valence electrons. The third-order valence-corrected chi connectivity index (χ3v) is 5.25. The molecular formula is C15H30N2. The Morgan fingerprint density at radius 2 is 1.82 bits per heavy atom. The quantitative estimate of drug-likeness (QED) is 0.766. The summed E-state index contributed by atoms with van der Waals surface area (Å²) in [5.74, 6) is 1.74. The molecule has 1 saturated carbocycles. The number of rotatable bonds is 3. The van der Waals surface area contributed by atoms with Gasteiger partial charge in [0.25, 0.3) is 0 Å². The number of likely N-dealkylation sites (tertiary alicyclic amines) is 1. The van der Waals surface area contributed by atoms with E-state index in [0.717, 1.165) is 18.4 Å². The summed E-state index contributed by atoms with van der Waals surface area (Å²) in [6.07, 6.45) is 9.69. The van der Waals surface area contributed by atoms with Crippen LogP contribution in [-0.2, 0) is 0 Å². The van der Waals surface area contributed by atoms with Gasteiger partial charge in [-0.25, -0.2) is 0 Å². The van der Waals surface area contributed by atoms with Gasteiger partial charge in [-0.05, 0) is 37.6 Å². The maximum Gasteiger partial charge on any atom is 0.0331 e. The second-order valence-corrected chi connectivity index (χ2v) is 6.58. The summed E-state index contributed by atoms with van der Waals surface area (Å²) >= 11 is 0. The second-order valence-electron chi connectivity index (χ2n) is 6.58. The van der Waals surface area contributed by atoms with Crippen molar-refractivity contribution in [2.24, 2.45) is 17.6 Å². The average Bonchev–Trinajstić information content (AvgIpc) is 2.70. The Kier molecular flexibility index (Phi) is 4.48. The van der Waals surface area contributed by atoms with E-state index < -0.39 is 0 Å². The van der Waals surface area contributed by atoms with Gasteiger partial charge in [0.2, 0.25) is 0 Å². The van der Waals surface area contributed by atoms with Crippen LogP contribution >= 0.6 is 0 Å². The molecule has 2 aliphatic rings. The van der Waals surface area contributed by atoms with Gasteiger partial charge in [0, 0.05) is 18.6 Å². The molecule has 0 radical (unpaired) electrons. The molecule has 2 fully saturated rings. The maximum absolute atomic E-state index is 6.17. The summed E-state index contributed by atoms with van der Waals surface area (Å²) in [7, 11) is 0. The lowest BCUT2D eigenvalue weighted by atomic mass is 9.88. The van der Waals surface area contributed by atoms with Crippen LogP contribution in [0.25, 0.3) is 0 Å². The lowest BCUT2D eigenvalue weighted by molar-refractivity contribution is 0.0980. The predicted molar refractivity (Wildman–Crippen MR) is 74.0 cm³/mol. The van der Waals surface area contributed by atoms with Crippen molar-refractivity contribution in [1.82, 2.24) is 4.90 Å². The maximum atomic E-state index is 6.17. The first-order chi connectivity index (χ1) is 8.18. The van der Waals surface area contributed by atoms with E-state index in [1.54, 1.807) is 0 Å². The zero-order chi connectivity index (χ0) is 12.3. The van der Waals surface area contributed by atoms with Gasteiger partial charge in [-0.15, -0.1) is 0 Å². The van der Waals surface area contributed by atoms with Gasteiger partial charge in [0.1, 0.15) is 0 Å². The highest BCUT2D eigenvalue weighted by atomic mass is 15.2. The van der Waals surface area contributed by atoms with Crippen molar-refractivity contribution in [3.8, 4) is 0 Å². The summed E-state index contributed by atoms with van der Waals surface area (Å²) in [5.41, 5.74) is 6.53. The van der Waals surface area contributed by atoms with Gasteiger partial charge in [0.05, 0.1) is 0 Å². The standard InChI is InChI=1S/C15H30N2/c1-13(2)14-7-10-17(11-14)15(12-16)8-5-3-4-6-9-15/h13-14H,3-12,16H2,1-2H3. The van der Waals surface area contributed by atoms with Gasteiger partial charge >= 0.3 is 0 Å². The lowest BCUT2D eigenvalue weighted by Crippen LogP contribution is -2.52. The fourth-order valence-corrected chi connectivity index (χ4v) is 3.80. The molecule has 0 spiro atoms. The number of nitrogens with zero attached hydrogens (tertiary/aromatic N) is 1. The topological polar surface area (TPSA) is 29.3 Å². The molecule has 1 unspecified atom stereocenters. The molecule has 0 aromatic heterocycles. The first-order valence-corrected chi connectivity index (χ1v) is 7.63. The Balaban J connectivity index is 2.02. The second kappa shape index (κ2) is 5.71. The van der Waals surface area contributed by atoms with E-state index in [1.165, 1.54) is 58.0 Å². The Hall–Kier alpha value is -0.0800. The van der Waals surface area contributed by atoms with E-state index in [-0.39, 0.29) is 0 Å². The van der Waals surface area contributed by atoms with Crippen molar-refractivity contribution in [3.05, 3.63) is 0 Å². The molecule has 2 rings (SSSR count). The molecular weight excluding hydrogens is 208 g/mol. The highest BCUT2D eigenvalue weighted by Crippen LogP contribution is 2.36. The molecule has 1 heterocycles. The summed E-state index contributed by atoms with van der Waals surface area (Å²) in [4.78, 5) is 2.75. The van der Waals surface area contributed by atoms with Crippen LogP contribution in [0.1, 0.15) is 58.8 Å². The Morgan fingerprint density at radius 3 is 2.29 bits per heavy atom. The Morgan fingerprint density at radius 1 is 1.18 bits per heavy atom.